The maximum absolute atomic E-state index is 11.2. The van der Waals surface area contributed by atoms with Crippen molar-refractivity contribution in [3.8, 4) is 0 Å². The molecule has 4 nitrogen and oxygen atoms in total. The van der Waals surface area contributed by atoms with Gasteiger partial charge in [0.15, 0.2) is 10.9 Å². The number of nitrogens with zero attached hydrogens (tertiary/aromatic N) is 3. The monoisotopic (exact) mass is 229 g/mol. The smallest absolute Gasteiger partial charge is 0.242 e. The van der Waals surface area contributed by atoms with Crippen LogP contribution in [0.15, 0.2) is 12.3 Å². The number of rotatable bonds is 1. The van der Waals surface area contributed by atoms with Gasteiger partial charge < -0.3 is 0 Å². The number of carbonyl (C=O) groups is 1. The highest BCUT2D eigenvalue weighted by atomic mass is 35.5. The Morgan fingerprint density at radius 3 is 2.86 bits per heavy atom. The highest BCUT2D eigenvalue weighted by molar-refractivity contribution is 6.35. The second-order valence-electron chi connectivity index (χ2n) is 2.75. The fraction of sp³-hybridized carbons (Fsp3) is 0.125. The average molecular weight is 230 g/mol. The van der Waals surface area contributed by atoms with E-state index >= 15 is 0 Å². The maximum Gasteiger partial charge on any atom is 0.242 e. The van der Waals surface area contributed by atoms with Gasteiger partial charge in [-0.3, -0.25) is 4.79 Å². The molecule has 2 aromatic heterocycles. The van der Waals surface area contributed by atoms with E-state index in [-0.39, 0.29) is 16.2 Å². The van der Waals surface area contributed by atoms with Crippen LogP contribution in [-0.4, -0.2) is 20.4 Å². The van der Waals surface area contributed by atoms with Crippen molar-refractivity contribution in [2.45, 2.75) is 6.92 Å². The molecule has 14 heavy (non-hydrogen) atoms. The molecule has 0 N–H and O–H groups in total. The lowest BCUT2D eigenvalue weighted by molar-refractivity contribution is 0.101. The third-order valence-corrected chi connectivity index (χ3v) is 2.25. The summed E-state index contributed by atoms with van der Waals surface area (Å²) in [7, 11) is 0. The molecule has 0 aromatic carbocycles. The molecule has 0 aliphatic carbocycles. The van der Waals surface area contributed by atoms with Crippen LogP contribution in [0, 0.1) is 0 Å². The minimum absolute atomic E-state index is 0.0493. The van der Waals surface area contributed by atoms with E-state index in [2.05, 4.69) is 10.1 Å². The molecule has 2 rings (SSSR count). The Labute approximate surface area is 89.5 Å². The number of hydrogen-bond donors (Lipinski definition) is 0. The van der Waals surface area contributed by atoms with Crippen molar-refractivity contribution in [1.29, 1.82) is 0 Å². The normalized spacial score (nSPS) is 10.8. The van der Waals surface area contributed by atoms with Gasteiger partial charge in [0.2, 0.25) is 5.28 Å². The van der Waals surface area contributed by atoms with E-state index in [1.165, 1.54) is 11.4 Å². The van der Waals surface area contributed by atoms with Gasteiger partial charge in [0.1, 0.15) is 5.52 Å². The third-order valence-electron chi connectivity index (χ3n) is 1.82. The molecule has 0 saturated heterocycles. The number of halogens is 2. The van der Waals surface area contributed by atoms with Gasteiger partial charge in [-0.05, 0) is 24.6 Å². The molecular formula is C8H5Cl2N3O. The second-order valence-corrected chi connectivity index (χ2v) is 3.45. The molecule has 0 amide bonds. The van der Waals surface area contributed by atoms with Crippen LogP contribution in [0.3, 0.4) is 0 Å². The van der Waals surface area contributed by atoms with E-state index < -0.39 is 0 Å². The van der Waals surface area contributed by atoms with E-state index in [0.29, 0.717) is 11.1 Å². The van der Waals surface area contributed by atoms with E-state index in [9.17, 15) is 4.79 Å². The lowest BCUT2D eigenvalue weighted by Gasteiger charge is -1.98. The Morgan fingerprint density at radius 1 is 1.50 bits per heavy atom. The predicted octanol–water partition coefficient (Wildman–Crippen LogP) is 2.24. The first-order valence-electron chi connectivity index (χ1n) is 3.81. The first kappa shape index (κ1) is 9.43. The van der Waals surface area contributed by atoms with Gasteiger partial charge in [-0.15, -0.1) is 5.10 Å². The van der Waals surface area contributed by atoms with Crippen LogP contribution < -0.4 is 0 Å². The summed E-state index contributed by atoms with van der Waals surface area (Å²) in [5.41, 5.74) is 0.982. The number of hydrogen-bond acceptors (Lipinski definition) is 3. The molecule has 0 saturated carbocycles. The summed E-state index contributed by atoms with van der Waals surface area (Å²) in [6, 6.07) is 1.63. The quantitative estimate of drug-likeness (QED) is 0.705. The van der Waals surface area contributed by atoms with Crippen molar-refractivity contribution in [1.82, 2.24) is 14.6 Å². The van der Waals surface area contributed by atoms with Crippen LogP contribution in [0.5, 0.6) is 0 Å². The molecule has 6 heteroatoms. The Balaban J connectivity index is 2.85. The number of ketones is 1. The molecular weight excluding hydrogens is 225 g/mol. The standard InChI is InChI=1S/C8H5Cl2N3O/c1-4(14)5-2-3-13-6(5)7(9)11-8(10)12-13/h2-3H,1H3. The maximum atomic E-state index is 11.2. The van der Waals surface area contributed by atoms with E-state index in [4.69, 9.17) is 23.2 Å². The topological polar surface area (TPSA) is 47.3 Å². The van der Waals surface area contributed by atoms with Crippen molar-refractivity contribution in [3.05, 3.63) is 28.3 Å². The summed E-state index contributed by atoms with van der Waals surface area (Å²) in [5, 5.41) is 4.10. The number of Topliss-reactive ketones (excluding diaryl/α,β-unsaturated/α-hetero) is 1. The zero-order valence-corrected chi connectivity index (χ0v) is 8.67. The molecule has 0 radical (unpaired) electrons. The highest BCUT2D eigenvalue weighted by Gasteiger charge is 2.12. The summed E-state index contributed by atoms with van der Waals surface area (Å²) in [5.74, 6) is -0.0830. The Kier molecular flexibility index (Phi) is 2.17. The van der Waals surface area contributed by atoms with Crippen molar-refractivity contribution >= 4 is 34.5 Å². The molecule has 0 aliphatic heterocycles. The number of fused-ring (bicyclic) bond motifs is 1. The fourth-order valence-electron chi connectivity index (χ4n) is 1.24. The summed E-state index contributed by atoms with van der Waals surface area (Å²) >= 11 is 11.4. The summed E-state index contributed by atoms with van der Waals surface area (Å²) < 4.78 is 1.44. The van der Waals surface area contributed by atoms with Gasteiger partial charge >= 0.3 is 0 Å². The van der Waals surface area contributed by atoms with Crippen LogP contribution >= 0.6 is 23.2 Å². The second kappa shape index (κ2) is 3.22. The van der Waals surface area contributed by atoms with Gasteiger partial charge in [0, 0.05) is 11.8 Å². The van der Waals surface area contributed by atoms with Crippen LogP contribution in [-0.2, 0) is 0 Å². The molecule has 0 atom stereocenters. The molecule has 0 spiro atoms. The molecule has 2 aromatic rings. The molecule has 2 heterocycles. The van der Waals surface area contributed by atoms with Crippen molar-refractivity contribution in [2.24, 2.45) is 0 Å². The van der Waals surface area contributed by atoms with Crippen molar-refractivity contribution < 1.29 is 4.79 Å². The summed E-state index contributed by atoms with van der Waals surface area (Å²) in [4.78, 5) is 15.0. The predicted molar refractivity (Wildman–Crippen MR) is 53.0 cm³/mol. The van der Waals surface area contributed by atoms with Crippen molar-refractivity contribution in [2.75, 3.05) is 0 Å². The summed E-state index contributed by atoms with van der Waals surface area (Å²) in [6.45, 7) is 1.46. The van der Waals surface area contributed by atoms with Crippen LogP contribution in [0.4, 0.5) is 0 Å². The fourth-order valence-corrected chi connectivity index (χ4v) is 1.72. The largest absolute Gasteiger partial charge is 0.294 e. The van der Waals surface area contributed by atoms with Gasteiger partial charge in [-0.2, -0.15) is 0 Å². The first-order chi connectivity index (χ1) is 6.59. The summed E-state index contributed by atoms with van der Waals surface area (Å²) in [6.07, 6.45) is 1.62. The van der Waals surface area contributed by atoms with E-state index in [1.54, 1.807) is 12.3 Å². The zero-order chi connectivity index (χ0) is 10.3. The van der Waals surface area contributed by atoms with Crippen LogP contribution in [0.1, 0.15) is 17.3 Å². The Morgan fingerprint density at radius 2 is 2.21 bits per heavy atom. The van der Waals surface area contributed by atoms with E-state index in [1.807, 2.05) is 0 Å². The Hall–Kier alpha value is -1.13. The van der Waals surface area contributed by atoms with Gasteiger partial charge in [-0.1, -0.05) is 11.6 Å². The van der Waals surface area contributed by atoms with Crippen LogP contribution in [0.2, 0.25) is 10.4 Å². The van der Waals surface area contributed by atoms with Gasteiger partial charge in [-0.25, -0.2) is 9.50 Å². The molecule has 0 bridgehead atoms. The minimum atomic E-state index is -0.0830. The third kappa shape index (κ3) is 1.36. The first-order valence-corrected chi connectivity index (χ1v) is 4.56. The number of aromatic nitrogens is 3. The SMILES string of the molecule is CC(=O)c1ccn2nc(Cl)nc(Cl)c12. The van der Waals surface area contributed by atoms with E-state index in [0.717, 1.165) is 0 Å². The lowest BCUT2D eigenvalue weighted by atomic mass is 10.2. The molecule has 0 aliphatic rings. The minimum Gasteiger partial charge on any atom is -0.294 e. The highest BCUT2D eigenvalue weighted by Crippen LogP contribution is 2.21. The van der Waals surface area contributed by atoms with Crippen LogP contribution in [0.25, 0.3) is 5.52 Å². The number of carbonyl (C=O) groups excluding carboxylic acids is 1. The zero-order valence-electron chi connectivity index (χ0n) is 7.16. The van der Waals surface area contributed by atoms with Gasteiger partial charge in [0.25, 0.3) is 0 Å². The molecule has 72 valence electrons. The lowest BCUT2D eigenvalue weighted by Crippen LogP contribution is -1.98. The molecule has 0 unspecified atom stereocenters. The van der Waals surface area contributed by atoms with Gasteiger partial charge in [0.05, 0.1) is 0 Å². The Bertz CT molecular complexity index is 521. The average Bonchev–Trinajstić information content (AvgIpc) is 2.47. The molecule has 0 fully saturated rings. The van der Waals surface area contributed by atoms with Crippen molar-refractivity contribution in [3.63, 3.8) is 0 Å².